The van der Waals surface area contributed by atoms with Crippen molar-refractivity contribution in [1.29, 1.82) is 5.26 Å². The fraction of sp³-hybridized carbons (Fsp3) is 0.143. The summed E-state index contributed by atoms with van der Waals surface area (Å²) in [6.07, 6.45) is 4.27. The molecule has 0 aliphatic heterocycles. The van der Waals surface area contributed by atoms with E-state index >= 15 is 0 Å². The zero-order chi connectivity index (χ0) is 12.8. The van der Waals surface area contributed by atoms with Crippen LogP contribution in [-0.2, 0) is 6.42 Å². The number of anilines is 1. The zero-order valence-corrected chi connectivity index (χ0v) is 9.84. The number of ether oxygens (including phenoxy) is 1. The van der Waals surface area contributed by atoms with Crippen LogP contribution in [-0.4, -0.2) is 11.6 Å². The van der Waals surface area contributed by atoms with E-state index in [1.807, 2.05) is 12.1 Å². The monoisotopic (exact) mass is 239 g/mol. The highest BCUT2D eigenvalue weighted by Crippen LogP contribution is 2.20. The molecule has 0 spiro atoms. The maximum atomic E-state index is 8.97. The highest BCUT2D eigenvalue weighted by Gasteiger charge is 2.03. The third-order valence-electron chi connectivity index (χ3n) is 2.52. The van der Waals surface area contributed by atoms with Crippen LogP contribution in [0.2, 0.25) is 0 Å². The fourth-order valence-electron chi connectivity index (χ4n) is 1.59. The molecule has 2 rings (SSSR count). The van der Waals surface area contributed by atoms with Crippen LogP contribution in [0.4, 0.5) is 5.69 Å². The van der Waals surface area contributed by atoms with Crippen LogP contribution >= 0.6 is 0 Å². The van der Waals surface area contributed by atoms with Gasteiger partial charge in [-0.1, -0.05) is 0 Å². The Hall–Kier alpha value is -2.54. The minimum Gasteiger partial charge on any atom is -0.492 e. The lowest BCUT2D eigenvalue weighted by Crippen LogP contribution is -2.03. The van der Waals surface area contributed by atoms with Gasteiger partial charge < -0.3 is 10.5 Å². The van der Waals surface area contributed by atoms with E-state index in [0.29, 0.717) is 23.6 Å². The number of nitrogens with two attached hydrogens (primary N) is 1. The third-order valence-corrected chi connectivity index (χ3v) is 2.52. The van der Waals surface area contributed by atoms with Gasteiger partial charge in [-0.15, -0.1) is 0 Å². The van der Waals surface area contributed by atoms with Crippen molar-refractivity contribution in [3.05, 3.63) is 53.9 Å². The minimum absolute atomic E-state index is 0.463. The van der Waals surface area contributed by atoms with Crippen molar-refractivity contribution in [3.8, 4) is 11.8 Å². The standard InChI is InChI=1S/C14H13N3O/c15-10-12-9-13(16)1-2-14(12)18-8-5-11-3-6-17-7-4-11/h1-4,6-7,9H,5,8,16H2. The van der Waals surface area contributed by atoms with Crippen molar-refractivity contribution in [2.45, 2.75) is 6.42 Å². The highest BCUT2D eigenvalue weighted by atomic mass is 16.5. The summed E-state index contributed by atoms with van der Waals surface area (Å²) < 4.78 is 5.59. The van der Waals surface area contributed by atoms with Gasteiger partial charge in [0.05, 0.1) is 12.2 Å². The van der Waals surface area contributed by atoms with Gasteiger partial charge in [0, 0.05) is 24.5 Å². The number of aromatic nitrogens is 1. The van der Waals surface area contributed by atoms with E-state index in [1.165, 1.54) is 0 Å². The van der Waals surface area contributed by atoms with Gasteiger partial charge in [-0.05, 0) is 35.9 Å². The van der Waals surface area contributed by atoms with Gasteiger partial charge in [-0.3, -0.25) is 4.98 Å². The second-order valence-corrected chi connectivity index (χ2v) is 3.82. The number of rotatable bonds is 4. The van der Waals surface area contributed by atoms with E-state index < -0.39 is 0 Å². The van der Waals surface area contributed by atoms with Gasteiger partial charge in [0.15, 0.2) is 0 Å². The Labute approximate surface area is 106 Å². The number of benzene rings is 1. The Balaban J connectivity index is 1.97. The largest absolute Gasteiger partial charge is 0.492 e. The van der Waals surface area contributed by atoms with Crippen molar-refractivity contribution in [1.82, 2.24) is 4.98 Å². The van der Waals surface area contributed by atoms with Crippen LogP contribution in [0.15, 0.2) is 42.7 Å². The van der Waals surface area contributed by atoms with Crippen molar-refractivity contribution < 1.29 is 4.74 Å². The molecule has 0 unspecified atom stereocenters. The number of nitrogen functional groups attached to an aromatic ring is 1. The predicted octanol–water partition coefficient (Wildman–Crippen LogP) is 2.16. The van der Waals surface area contributed by atoms with E-state index in [-0.39, 0.29) is 0 Å². The average Bonchev–Trinajstić information content (AvgIpc) is 2.41. The maximum Gasteiger partial charge on any atom is 0.137 e. The quantitative estimate of drug-likeness (QED) is 0.830. The minimum atomic E-state index is 0.463. The van der Waals surface area contributed by atoms with Gasteiger partial charge in [0.2, 0.25) is 0 Å². The third kappa shape index (κ3) is 2.98. The van der Waals surface area contributed by atoms with E-state index in [1.54, 1.807) is 30.6 Å². The summed E-state index contributed by atoms with van der Waals surface area (Å²) in [5, 5.41) is 8.97. The first-order chi connectivity index (χ1) is 8.79. The lowest BCUT2D eigenvalue weighted by Gasteiger charge is -2.08. The molecule has 0 radical (unpaired) electrons. The van der Waals surface area contributed by atoms with Crippen LogP contribution in [0.5, 0.6) is 5.75 Å². The van der Waals surface area contributed by atoms with E-state index in [0.717, 1.165) is 12.0 Å². The second kappa shape index (κ2) is 5.69. The lowest BCUT2D eigenvalue weighted by molar-refractivity contribution is 0.321. The van der Waals surface area contributed by atoms with Crippen molar-refractivity contribution >= 4 is 5.69 Å². The number of nitrogens with zero attached hydrogens (tertiary/aromatic N) is 2. The molecule has 18 heavy (non-hydrogen) atoms. The van der Waals surface area contributed by atoms with E-state index in [9.17, 15) is 0 Å². The SMILES string of the molecule is N#Cc1cc(N)ccc1OCCc1ccncc1. The van der Waals surface area contributed by atoms with Crippen LogP contribution < -0.4 is 10.5 Å². The summed E-state index contributed by atoms with van der Waals surface area (Å²) in [5.41, 5.74) is 7.79. The molecule has 1 aromatic heterocycles. The zero-order valence-electron chi connectivity index (χ0n) is 9.84. The first-order valence-electron chi connectivity index (χ1n) is 5.61. The molecule has 90 valence electrons. The molecule has 0 saturated heterocycles. The molecule has 1 aromatic carbocycles. The molecular weight excluding hydrogens is 226 g/mol. The summed E-state index contributed by atoms with van der Waals surface area (Å²) in [5.74, 6) is 0.570. The summed E-state index contributed by atoms with van der Waals surface area (Å²) in [6.45, 7) is 0.516. The van der Waals surface area contributed by atoms with Gasteiger partial charge in [-0.25, -0.2) is 0 Å². The topological polar surface area (TPSA) is 71.9 Å². The maximum absolute atomic E-state index is 8.97. The van der Waals surface area contributed by atoms with E-state index in [2.05, 4.69) is 11.1 Å². The van der Waals surface area contributed by atoms with Gasteiger partial charge in [0.1, 0.15) is 11.8 Å². The van der Waals surface area contributed by atoms with Crippen molar-refractivity contribution in [2.24, 2.45) is 0 Å². The Morgan fingerprint density at radius 3 is 2.72 bits per heavy atom. The van der Waals surface area contributed by atoms with Crippen LogP contribution in [0.25, 0.3) is 0 Å². The normalized spacial score (nSPS) is 9.72. The molecular formula is C14H13N3O. The lowest BCUT2D eigenvalue weighted by atomic mass is 10.2. The molecule has 1 heterocycles. The Bertz CT molecular complexity index is 561. The van der Waals surface area contributed by atoms with Crippen molar-refractivity contribution in [2.75, 3.05) is 12.3 Å². The molecule has 4 heteroatoms. The number of pyridine rings is 1. The van der Waals surface area contributed by atoms with Crippen LogP contribution in [0, 0.1) is 11.3 Å². The smallest absolute Gasteiger partial charge is 0.137 e. The molecule has 4 nitrogen and oxygen atoms in total. The van der Waals surface area contributed by atoms with Crippen LogP contribution in [0.3, 0.4) is 0 Å². The predicted molar refractivity (Wildman–Crippen MR) is 69.0 cm³/mol. The van der Waals surface area contributed by atoms with Gasteiger partial charge in [-0.2, -0.15) is 5.26 Å². The first-order valence-corrected chi connectivity index (χ1v) is 5.61. The summed E-state index contributed by atoms with van der Waals surface area (Å²) in [4.78, 5) is 3.95. The van der Waals surface area contributed by atoms with E-state index in [4.69, 9.17) is 15.7 Å². The fourth-order valence-corrected chi connectivity index (χ4v) is 1.59. The number of hydrogen-bond donors (Lipinski definition) is 1. The average molecular weight is 239 g/mol. The molecule has 0 fully saturated rings. The molecule has 0 saturated carbocycles. The first kappa shape index (κ1) is 11.9. The number of hydrogen-bond acceptors (Lipinski definition) is 4. The Kier molecular flexibility index (Phi) is 3.77. The number of nitriles is 1. The summed E-state index contributed by atoms with van der Waals surface area (Å²) in [6, 6.07) is 11.0. The molecule has 0 amide bonds. The van der Waals surface area contributed by atoms with Gasteiger partial charge >= 0.3 is 0 Å². The second-order valence-electron chi connectivity index (χ2n) is 3.82. The highest BCUT2D eigenvalue weighted by molar-refractivity contribution is 5.53. The Morgan fingerprint density at radius 1 is 1.22 bits per heavy atom. The molecule has 0 aliphatic rings. The molecule has 2 N–H and O–H groups in total. The summed E-state index contributed by atoms with van der Waals surface area (Å²) >= 11 is 0. The van der Waals surface area contributed by atoms with Crippen LogP contribution in [0.1, 0.15) is 11.1 Å². The molecule has 0 aliphatic carbocycles. The van der Waals surface area contributed by atoms with Gasteiger partial charge in [0.25, 0.3) is 0 Å². The summed E-state index contributed by atoms with van der Waals surface area (Å²) in [7, 11) is 0. The Morgan fingerprint density at radius 2 is 2.00 bits per heavy atom. The molecule has 0 atom stereocenters. The molecule has 2 aromatic rings. The van der Waals surface area contributed by atoms with Crippen molar-refractivity contribution in [3.63, 3.8) is 0 Å². The molecule has 0 bridgehead atoms.